The van der Waals surface area contributed by atoms with Crippen LogP contribution in [0.2, 0.25) is 0 Å². The molecule has 154 valence electrons. The zero-order valence-corrected chi connectivity index (χ0v) is 17.0. The number of hydrogen-bond acceptors (Lipinski definition) is 5. The van der Waals surface area contributed by atoms with Gasteiger partial charge in [0.05, 0.1) is 18.1 Å². The molecule has 2 rings (SSSR count). The molecule has 1 aliphatic heterocycles. The molecule has 0 radical (unpaired) electrons. The van der Waals surface area contributed by atoms with Crippen LogP contribution in [0.15, 0.2) is 35.2 Å². The molecule has 2 N–H and O–H groups in total. The summed E-state index contributed by atoms with van der Waals surface area (Å²) in [5, 5.41) is 5.30. The quantitative estimate of drug-likeness (QED) is 0.617. The Balaban J connectivity index is 1.94. The lowest BCUT2D eigenvalue weighted by Gasteiger charge is -2.26. The first-order chi connectivity index (χ1) is 13.3. The Hall–Kier alpha value is -2.23. The van der Waals surface area contributed by atoms with Gasteiger partial charge in [-0.15, -0.1) is 0 Å². The van der Waals surface area contributed by atoms with Gasteiger partial charge >= 0.3 is 0 Å². The molecular weight excluding hydrogens is 382 g/mol. The highest BCUT2D eigenvalue weighted by atomic mass is 32.2. The van der Waals surface area contributed by atoms with Gasteiger partial charge in [-0.05, 0) is 37.1 Å². The standard InChI is InChI=1S/C19H27N3O5S/c1-3-10-20-19(24)15(2)21-18(23)9-6-16-4-7-17(8-5-16)28(25,26)22-11-13-27-14-12-22/h4-9,15H,3,10-14H2,1-2H3,(H,20,24)(H,21,23)/b9-6+/t15-/m1/s1. The van der Waals surface area contributed by atoms with E-state index in [1.165, 1.54) is 22.5 Å². The van der Waals surface area contributed by atoms with Crippen molar-refractivity contribution in [1.82, 2.24) is 14.9 Å². The molecule has 2 amide bonds. The summed E-state index contributed by atoms with van der Waals surface area (Å²) in [6, 6.07) is 5.67. The molecule has 1 atom stereocenters. The van der Waals surface area contributed by atoms with Crippen LogP contribution >= 0.6 is 0 Å². The molecule has 1 saturated heterocycles. The number of morpholine rings is 1. The molecular formula is C19H27N3O5S. The topological polar surface area (TPSA) is 105 Å². The minimum atomic E-state index is -3.54. The Morgan fingerprint density at radius 1 is 1.21 bits per heavy atom. The first-order valence-electron chi connectivity index (χ1n) is 9.29. The van der Waals surface area contributed by atoms with E-state index in [0.717, 1.165) is 6.42 Å². The largest absolute Gasteiger partial charge is 0.379 e. The molecule has 0 aliphatic carbocycles. The molecule has 0 bridgehead atoms. The third kappa shape index (κ3) is 6.15. The average Bonchev–Trinajstić information content (AvgIpc) is 2.71. The van der Waals surface area contributed by atoms with Gasteiger partial charge in [0.15, 0.2) is 0 Å². The Kier molecular flexibility index (Phi) is 8.16. The summed E-state index contributed by atoms with van der Waals surface area (Å²) in [5.41, 5.74) is 0.680. The predicted molar refractivity (Wildman–Crippen MR) is 106 cm³/mol. The molecule has 1 fully saturated rings. The molecule has 0 spiro atoms. The number of hydrogen-bond donors (Lipinski definition) is 2. The maximum atomic E-state index is 12.6. The number of amides is 2. The van der Waals surface area contributed by atoms with Gasteiger partial charge in [-0.2, -0.15) is 4.31 Å². The summed E-state index contributed by atoms with van der Waals surface area (Å²) in [7, 11) is -3.54. The number of sulfonamides is 1. The van der Waals surface area contributed by atoms with Crippen molar-refractivity contribution < 1.29 is 22.7 Å². The number of benzene rings is 1. The molecule has 8 nitrogen and oxygen atoms in total. The minimum Gasteiger partial charge on any atom is -0.379 e. The van der Waals surface area contributed by atoms with E-state index >= 15 is 0 Å². The third-order valence-electron chi connectivity index (χ3n) is 4.22. The lowest BCUT2D eigenvalue weighted by atomic mass is 10.2. The van der Waals surface area contributed by atoms with E-state index in [9.17, 15) is 18.0 Å². The van der Waals surface area contributed by atoms with Gasteiger partial charge in [-0.1, -0.05) is 19.1 Å². The van der Waals surface area contributed by atoms with Crippen LogP contribution in [0.1, 0.15) is 25.8 Å². The first-order valence-corrected chi connectivity index (χ1v) is 10.7. The van der Waals surface area contributed by atoms with Crippen molar-refractivity contribution in [2.45, 2.75) is 31.2 Å². The normalized spacial score (nSPS) is 16.6. The van der Waals surface area contributed by atoms with E-state index in [4.69, 9.17) is 4.74 Å². The number of nitrogens with one attached hydrogen (secondary N) is 2. The molecule has 0 unspecified atom stereocenters. The van der Waals surface area contributed by atoms with E-state index < -0.39 is 22.0 Å². The van der Waals surface area contributed by atoms with Crippen molar-refractivity contribution in [3.63, 3.8) is 0 Å². The zero-order valence-electron chi connectivity index (χ0n) is 16.2. The summed E-state index contributed by atoms with van der Waals surface area (Å²) >= 11 is 0. The van der Waals surface area contributed by atoms with Gasteiger partial charge in [-0.3, -0.25) is 9.59 Å². The third-order valence-corrected chi connectivity index (χ3v) is 6.13. The highest BCUT2D eigenvalue weighted by molar-refractivity contribution is 7.89. The van der Waals surface area contributed by atoms with Crippen molar-refractivity contribution in [3.8, 4) is 0 Å². The second-order valence-electron chi connectivity index (χ2n) is 6.44. The van der Waals surface area contributed by atoms with Gasteiger partial charge in [-0.25, -0.2) is 8.42 Å². The number of ether oxygens (including phenoxy) is 1. The van der Waals surface area contributed by atoms with Crippen molar-refractivity contribution in [2.24, 2.45) is 0 Å². The second kappa shape index (κ2) is 10.4. The van der Waals surface area contributed by atoms with E-state index in [1.54, 1.807) is 25.1 Å². The maximum Gasteiger partial charge on any atom is 0.244 e. The summed E-state index contributed by atoms with van der Waals surface area (Å²) < 4.78 is 31.7. The molecule has 1 aromatic carbocycles. The molecule has 28 heavy (non-hydrogen) atoms. The van der Waals surface area contributed by atoms with Gasteiger partial charge in [0.2, 0.25) is 21.8 Å². The SMILES string of the molecule is CCCNC(=O)[C@@H](C)NC(=O)/C=C/c1ccc(S(=O)(=O)N2CCOCC2)cc1. The molecule has 9 heteroatoms. The summed E-state index contributed by atoms with van der Waals surface area (Å²) in [4.78, 5) is 23.9. The fourth-order valence-corrected chi connectivity index (χ4v) is 4.00. The van der Waals surface area contributed by atoms with Crippen LogP contribution in [0, 0.1) is 0 Å². The number of nitrogens with zero attached hydrogens (tertiary/aromatic N) is 1. The van der Waals surface area contributed by atoms with Gasteiger partial charge in [0, 0.05) is 25.7 Å². The molecule has 1 aromatic rings. The fourth-order valence-electron chi connectivity index (χ4n) is 2.59. The Morgan fingerprint density at radius 2 is 1.86 bits per heavy atom. The fraction of sp³-hybridized carbons (Fsp3) is 0.474. The van der Waals surface area contributed by atoms with E-state index in [2.05, 4.69) is 10.6 Å². The predicted octanol–water partition coefficient (Wildman–Crippen LogP) is 0.752. The number of rotatable bonds is 8. The smallest absolute Gasteiger partial charge is 0.244 e. The highest BCUT2D eigenvalue weighted by Gasteiger charge is 2.25. The maximum absolute atomic E-state index is 12.6. The number of carbonyl (C=O) groups is 2. The summed E-state index contributed by atoms with van der Waals surface area (Å²) in [5.74, 6) is -0.634. The monoisotopic (exact) mass is 409 g/mol. The molecule has 1 heterocycles. The van der Waals surface area contributed by atoms with E-state index in [1.807, 2.05) is 6.92 Å². The van der Waals surface area contributed by atoms with Crippen molar-refractivity contribution in [2.75, 3.05) is 32.8 Å². The second-order valence-corrected chi connectivity index (χ2v) is 8.38. The first kappa shape index (κ1) is 22.1. The van der Waals surface area contributed by atoms with Crippen molar-refractivity contribution >= 4 is 27.9 Å². The highest BCUT2D eigenvalue weighted by Crippen LogP contribution is 2.18. The lowest BCUT2D eigenvalue weighted by Crippen LogP contribution is -2.44. The van der Waals surface area contributed by atoms with Crippen LogP contribution in [0.25, 0.3) is 6.08 Å². The van der Waals surface area contributed by atoms with Crippen LogP contribution in [0.4, 0.5) is 0 Å². The van der Waals surface area contributed by atoms with Crippen LogP contribution < -0.4 is 10.6 Å². The van der Waals surface area contributed by atoms with Gasteiger partial charge < -0.3 is 15.4 Å². The molecule has 0 aromatic heterocycles. The van der Waals surface area contributed by atoms with E-state index in [0.29, 0.717) is 38.4 Å². The van der Waals surface area contributed by atoms with Crippen LogP contribution in [-0.4, -0.2) is 63.4 Å². The molecule has 0 saturated carbocycles. The minimum absolute atomic E-state index is 0.206. The Bertz CT molecular complexity index is 799. The zero-order chi connectivity index (χ0) is 20.6. The number of carbonyl (C=O) groups excluding carboxylic acids is 2. The van der Waals surface area contributed by atoms with Crippen LogP contribution in [0.3, 0.4) is 0 Å². The van der Waals surface area contributed by atoms with Crippen LogP contribution in [-0.2, 0) is 24.3 Å². The summed E-state index contributed by atoms with van der Waals surface area (Å²) in [6.07, 6.45) is 3.70. The van der Waals surface area contributed by atoms with Crippen LogP contribution in [0.5, 0.6) is 0 Å². The molecule has 1 aliphatic rings. The average molecular weight is 410 g/mol. The lowest BCUT2D eigenvalue weighted by molar-refractivity contribution is -0.126. The van der Waals surface area contributed by atoms with Crippen molar-refractivity contribution in [1.29, 1.82) is 0 Å². The van der Waals surface area contributed by atoms with Crippen molar-refractivity contribution in [3.05, 3.63) is 35.9 Å². The van der Waals surface area contributed by atoms with Gasteiger partial charge in [0.1, 0.15) is 6.04 Å². The summed E-state index contributed by atoms with van der Waals surface area (Å²) in [6.45, 7) is 5.59. The Labute approximate surface area is 166 Å². The Morgan fingerprint density at radius 3 is 2.46 bits per heavy atom. The van der Waals surface area contributed by atoms with E-state index in [-0.39, 0.29) is 10.8 Å². The van der Waals surface area contributed by atoms with Gasteiger partial charge in [0.25, 0.3) is 0 Å².